The number of hydrogen-bond donors (Lipinski definition) is 2. The molecule has 1 aromatic carbocycles. The molecule has 1 rings (SSSR count). The molecular formula is C11H16O2S. The van der Waals surface area contributed by atoms with Gasteiger partial charge in [0.15, 0.2) is 0 Å². The SMILES string of the molecule is CC(O)CSc1cccc(C(C)O)c1. The van der Waals surface area contributed by atoms with E-state index in [0.29, 0.717) is 5.75 Å². The Kier molecular flexibility index (Phi) is 4.45. The molecule has 0 saturated heterocycles. The normalized spacial score (nSPS) is 15.1. The van der Waals surface area contributed by atoms with Gasteiger partial charge in [0.1, 0.15) is 0 Å². The summed E-state index contributed by atoms with van der Waals surface area (Å²) in [4.78, 5) is 1.09. The van der Waals surface area contributed by atoms with Crippen molar-refractivity contribution in [3.8, 4) is 0 Å². The molecule has 0 radical (unpaired) electrons. The Bertz CT molecular complexity index is 284. The molecule has 2 unspecified atom stereocenters. The number of hydrogen-bond acceptors (Lipinski definition) is 3. The third-order valence-corrected chi connectivity index (χ3v) is 3.07. The Labute approximate surface area is 89.0 Å². The number of aliphatic hydroxyl groups excluding tert-OH is 2. The minimum Gasteiger partial charge on any atom is -0.393 e. The van der Waals surface area contributed by atoms with Crippen LogP contribution in [0.5, 0.6) is 0 Å². The zero-order valence-electron chi connectivity index (χ0n) is 8.47. The van der Waals surface area contributed by atoms with Crippen LogP contribution in [-0.4, -0.2) is 22.1 Å². The molecule has 0 saturated carbocycles. The topological polar surface area (TPSA) is 40.5 Å². The molecule has 2 N–H and O–H groups in total. The van der Waals surface area contributed by atoms with E-state index < -0.39 is 6.10 Å². The molecule has 0 amide bonds. The summed E-state index contributed by atoms with van der Waals surface area (Å²) in [5, 5.41) is 18.5. The highest BCUT2D eigenvalue weighted by Gasteiger charge is 2.03. The Morgan fingerprint density at radius 3 is 2.57 bits per heavy atom. The third-order valence-electron chi connectivity index (χ3n) is 1.83. The molecule has 3 heteroatoms. The van der Waals surface area contributed by atoms with Crippen molar-refractivity contribution in [1.82, 2.24) is 0 Å². The van der Waals surface area contributed by atoms with E-state index in [1.54, 1.807) is 25.6 Å². The lowest BCUT2D eigenvalue weighted by molar-refractivity contribution is 0.199. The van der Waals surface area contributed by atoms with Gasteiger partial charge < -0.3 is 10.2 Å². The summed E-state index contributed by atoms with van der Waals surface area (Å²) in [6.07, 6.45) is -0.725. The molecule has 0 heterocycles. The molecule has 0 spiro atoms. The Morgan fingerprint density at radius 2 is 2.00 bits per heavy atom. The zero-order valence-corrected chi connectivity index (χ0v) is 9.29. The standard InChI is InChI=1S/C11H16O2S/c1-8(12)7-14-11-5-3-4-10(6-11)9(2)13/h3-6,8-9,12-13H,7H2,1-2H3. The molecule has 0 aromatic heterocycles. The number of rotatable bonds is 4. The molecule has 2 nitrogen and oxygen atoms in total. The fourth-order valence-corrected chi connectivity index (χ4v) is 1.91. The van der Waals surface area contributed by atoms with Crippen molar-refractivity contribution >= 4 is 11.8 Å². The average molecular weight is 212 g/mol. The van der Waals surface area contributed by atoms with E-state index >= 15 is 0 Å². The summed E-state index contributed by atoms with van der Waals surface area (Å²) in [5.74, 6) is 0.684. The van der Waals surface area contributed by atoms with Crippen molar-refractivity contribution < 1.29 is 10.2 Å². The fourth-order valence-electron chi connectivity index (χ4n) is 1.08. The van der Waals surface area contributed by atoms with E-state index in [-0.39, 0.29) is 6.10 Å². The van der Waals surface area contributed by atoms with Crippen molar-refractivity contribution in [3.63, 3.8) is 0 Å². The van der Waals surface area contributed by atoms with Crippen LogP contribution in [0.4, 0.5) is 0 Å². The predicted molar refractivity (Wildman–Crippen MR) is 59.5 cm³/mol. The lowest BCUT2D eigenvalue weighted by atomic mass is 10.1. The van der Waals surface area contributed by atoms with Gasteiger partial charge in [-0.05, 0) is 31.5 Å². The van der Waals surface area contributed by atoms with Gasteiger partial charge in [-0.1, -0.05) is 12.1 Å². The van der Waals surface area contributed by atoms with Crippen molar-refractivity contribution in [2.75, 3.05) is 5.75 Å². The quantitative estimate of drug-likeness (QED) is 0.752. The van der Waals surface area contributed by atoms with Gasteiger partial charge in [0.05, 0.1) is 12.2 Å². The molecule has 0 bridgehead atoms. The molecule has 1 aromatic rings. The molecule has 0 aliphatic heterocycles. The highest BCUT2D eigenvalue weighted by Crippen LogP contribution is 2.22. The van der Waals surface area contributed by atoms with Crippen molar-refractivity contribution in [1.29, 1.82) is 0 Å². The number of thioether (sulfide) groups is 1. The van der Waals surface area contributed by atoms with Crippen LogP contribution < -0.4 is 0 Å². The first-order valence-electron chi connectivity index (χ1n) is 4.68. The van der Waals surface area contributed by atoms with Crippen LogP contribution >= 0.6 is 11.8 Å². The fraction of sp³-hybridized carbons (Fsp3) is 0.455. The van der Waals surface area contributed by atoms with Gasteiger partial charge in [-0.2, -0.15) is 0 Å². The van der Waals surface area contributed by atoms with Crippen LogP contribution in [0.2, 0.25) is 0 Å². The van der Waals surface area contributed by atoms with Crippen LogP contribution in [0, 0.1) is 0 Å². The highest BCUT2D eigenvalue weighted by molar-refractivity contribution is 7.99. The summed E-state index contributed by atoms with van der Waals surface area (Å²) >= 11 is 1.60. The van der Waals surface area contributed by atoms with Crippen molar-refractivity contribution in [3.05, 3.63) is 29.8 Å². The van der Waals surface area contributed by atoms with Crippen LogP contribution in [0.15, 0.2) is 29.2 Å². The first-order chi connectivity index (χ1) is 6.59. The van der Waals surface area contributed by atoms with Gasteiger partial charge in [0.25, 0.3) is 0 Å². The first kappa shape index (κ1) is 11.6. The maximum Gasteiger partial charge on any atom is 0.0762 e. The maximum absolute atomic E-state index is 9.37. The van der Waals surface area contributed by atoms with Crippen LogP contribution in [0.3, 0.4) is 0 Å². The number of aliphatic hydroxyl groups is 2. The number of benzene rings is 1. The van der Waals surface area contributed by atoms with Crippen LogP contribution in [-0.2, 0) is 0 Å². The molecule has 0 aliphatic carbocycles. The second-order valence-corrected chi connectivity index (χ2v) is 4.50. The largest absolute Gasteiger partial charge is 0.393 e. The van der Waals surface area contributed by atoms with Crippen LogP contribution in [0.25, 0.3) is 0 Å². The molecule has 0 fully saturated rings. The Hall–Kier alpha value is -0.510. The van der Waals surface area contributed by atoms with Gasteiger partial charge in [-0.3, -0.25) is 0 Å². The molecule has 14 heavy (non-hydrogen) atoms. The van der Waals surface area contributed by atoms with E-state index in [9.17, 15) is 5.11 Å². The molecule has 2 atom stereocenters. The lowest BCUT2D eigenvalue weighted by Gasteiger charge is -2.08. The maximum atomic E-state index is 9.37. The van der Waals surface area contributed by atoms with E-state index in [1.165, 1.54) is 0 Å². The second-order valence-electron chi connectivity index (χ2n) is 3.41. The summed E-state index contributed by atoms with van der Waals surface area (Å²) < 4.78 is 0. The molecule has 78 valence electrons. The van der Waals surface area contributed by atoms with Crippen molar-refractivity contribution in [2.24, 2.45) is 0 Å². The predicted octanol–water partition coefficient (Wildman–Crippen LogP) is 2.21. The Balaban J connectivity index is 2.64. The average Bonchev–Trinajstić information content (AvgIpc) is 2.15. The van der Waals surface area contributed by atoms with Gasteiger partial charge in [0, 0.05) is 10.6 Å². The van der Waals surface area contributed by atoms with E-state index in [1.807, 2.05) is 24.3 Å². The summed E-state index contributed by atoms with van der Waals surface area (Å²) in [6, 6.07) is 7.76. The van der Waals surface area contributed by atoms with E-state index in [4.69, 9.17) is 5.11 Å². The highest BCUT2D eigenvalue weighted by atomic mass is 32.2. The van der Waals surface area contributed by atoms with Crippen molar-refractivity contribution in [2.45, 2.75) is 31.0 Å². The minimum atomic E-state index is -0.429. The van der Waals surface area contributed by atoms with Gasteiger partial charge >= 0.3 is 0 Å². The minimum absolute atomic E-state index is 0.296. The van der Waals surface area contributed by atoms with E-state index in [0.717, 1.165) is 10.5 Å². The third kappa shape index (κ3) is 3.70. The Morgan fingerprint density at radius 1 is 1.29 bits per heavy atom. The zero-order chi connectivity index (χ0) is 10.6. The lowest BCUT2D eigenvalue weighted by Crippen LogP contribution is -2.02. The molecule has 0 aliphatic rings. The summed E-state index contributed by atoms with van der Waals surface area (Å²) in [6.45, 7) is 3.52. The smallest absolute Gasteiger partial charge is 0.0762 e. The van der Waals surface area contributed by atoms with Gasteiger partial charge in [-0.15, -0.1) is 11.8 Å². The summed E-state index contributed by atoms with van der Waals surface area (Å²) in [7, 11) is 0. The monoisotopic (exact) mass is 212 g/mol. The first-order valence-corrected chi connectivity index (χ1v) is 5.67. The summed E-state index contributed by atoms with van der Waals surface area (Å²) in [5.41, 5.74) is 0.917. The molecular weight excluding hydrogens is 196 g/mol. The second kappa shape index (κ2) is 5.39. The van der Waals surface area contributed by atoms with E-state index in [2.05, 4.69) is 0 Å². The van der Waals surface area contributed by atoms with Gasteiger partial charge in [-0.25, -0.2) is 0 Å². The van der Waals surface area contributed by atoms with Crippen LogP contribution in [0.1, 0.15) is 25.5 Å². The van der Waals surface area contributed by atoms with Gasteiger partial charge in [0.2, 0.25) is 0 Å².